The smallest absolute Gasteiger partial charge is 0.367 e. The van der Waals surface area contributed by atoms with Crippen LogP contribution in [0, 0.1) is 0 Å². The highest BCUT2D eigenvalue weighted by molar-refractivity contribution is 8.01. The summed E-state index contributed by atoms with van der Waals surface area (Å²) < 4.78 is 65.4. The number of hydrogen-bond acceptors (Lipinski definition) is 3. The SMILES string of the molecule is CC(c1ccc(C(F)(F)F)nc1)=S(C)(=O)N=C(N)NOCCF. The number of pyridine rings is 1. The molecule has 0 spiro atoms. The fourth-order valence-corrected chi connectivity index (χ4v) is 2.53. The Bertz CT molecular complexity index is 679. The fraction of sp³-hybridized carbons (Fsp3) is 0.417. The molecule has 1 atom stereocenters. The van der Waals surface area contributed by atoms with E-state index in [2.05, 4.69) is 19.7 Å². The summed E-state index contributed by atoms with van der Waals surface area (Å²) in [6.45, 7) is 0.419. The standard InChI is InChI=1S/C12H16F4N4O2S/c1-8(9-3-4-10(18-7-9)12(14,15)16)23(2,21)20-11(17)19-22-6-5-13/h3-4,7H,5-6H2,1-2H3,(H3,17,19,20,21). The van der Waals surface area contributed by atoms with Gasteiger partial charge in [0.25, 0.3) is 0 Å². The van der Waals surface area contributed by atoms with E-state index < -0.39 is 28.3 Å². The van der Waals surface area contributed by atoms with Crippen molar-refractivity contribution in [3.63, 3.8) is 0 Å². The van der Waals surface area contributed by atoms with Crippen molar-refractivity contribution >= 4 is 20.5 Å². The van der Waals surface area contributed by atoms with Crippen molar-refractivity contribution in [3.05, 3.63) is 29.6 Å². The zero-order chi connectivity index (χ0) is 17.7. The average molecular weight is 356 g/mol. The van der Waals surface area contributed by atoms with Crippen LogP contribution in [0.2, 0.25) is 0 Å². The van der Waals surface area contributed by atoms with Gasteiger partial charge in [-0.15, -0.1) is 0 Å². The summed E-state index contributed by atoms with van der Waals surface area (Å²) in [6.07, 6.45) is -2.34. The number of rotatable bonds is 5. The molecule has 0 aromatic carbocycles. The minimum absolute atomic E-state index is 0.189. The summed E-state index contributed by atoms with van der Waals surface area (Å²) in [5, 5.41) is 0. The summed E-state index contributed by atoms with van der Waals surface area (Å²) in [5.41, 5.74) is 6.71. The highest BCUT2D eigenvalue weighted by Crippen LogP contribution is 2.27. The number of nitrogens with one attached hydrogen (secondary N) is 1. The summed E-state index contributed by atoms with van der Waals surface area (Å²) in [4.78, 5) is 8.06. The Hall–Kier alpha value is -1.88. The van der Waals surface area contributed by atoms with Crippen LogP contribution in [0.1, 0.15) is 18.2 Å². The number of hydroxylamine groups is 1. The zero-order valence-electron chi connectivity index (χ0n) is 12.4. The molecular formula is C12H16F4N4O2S. The minimum atomic E-state index is -4.56. The molecule has 11 heteroatoms. The molecule has 0 fully saturated rings. The number of alkyl halides is 4. The molecule has 0 aliphatic heterocycles. The molecule has 0 aliphatic rings. The maximum Gasteiger partial charge on any atom is 0.433 e. The van der Waals surface area contributed by atoms with Gasteiger partial charge in [-0.25, -0.2) is 14.1 Å². The van der Waals surface area contributed by atoms with E-state index in [4.69, 9.17) is 5.73 Å². The molecule has 1 aromatic heterocycles. The number of nitrogens with zero attached hydrogens (tertiary/aromatic N) is 2. The lowest BCUT2D eigenvalue weighted by Crippen LogP contribution is -2.33. The maximum atomic E-state index is 12.5. The first-order valence-electron chi connectivity index (χ1n) is 6.23. The topological polar surface area (TPSA) is 89.6 Å². The van der Waals surface area contributed by atoms with Gasteiger partial charge in [0.05, 0.1) is 9.71 Å². The van der Waals surface area contributed by atoms with Crippen molar-refractivity contribution in [3.8, 4) is 0 Å². The van der Waals surface area contributed by atoms with Crippen LogP contribution in [0.15, 0.2) is 22.7 Å². The van der Waals surface area contributed by atoms with Crippen molar-refractivity contribution in [1.82, 2.24) is 10.5 Å². The van der Waals surface area contributed by atoms with Crippen LogP contribution in [0.4, 0.5) is 17.6 Å². The quantitative estimate of drug-likeness (QED) is 0.158. The second kappa shape index (κ2) is 7.59. The molecule has 0 saturated heterocycles. The highest BCUT2D eigenvalue weighted by Gasteiger charge is 2.32. The van der Waals surface area contributed by atoms with E-state index in [0.29, 0.717) is 0 Å². The van der Waals surface area contributed by atoms with Gasteiger partial charge in [-0.2, -0.15) is 17.6 Å². The first-order chi connectivity index (χ1) is 10.6. The van der Waals surface area contributed by atoms with E-state index in [9.17, 15) is 21.8 Å². The molecule has 0 radical (unpaired) electrons. The van der Waals surface area contributed by atoms with E-state index in [-0.39, 0.29) is 23.0 Å². The highest BCUT2D eigenvalue weighted by atomic mass is 32.2. The van der Waals surface area contributed by atoms with Crippen molar-refractivity contribution < 1.29 is 26.6 Å². The number of halogens is 4. The lowest BCUT2D eigenvalue weighted by Gasteiger charge is -2.10. The Morgan fingerprint density at radius 3 is 2.61 bits per heavy atom. The minimum Gasteiger partial charge on any atom is -0.367 e. The Labute approximate surface area is 130 Å². The molecule has 3 N–H and O–H groups in total. The molecule has 0 saturated carbocycles. The Balaban J connectivity index is 3.07. The third-order valence-electron chi connectivity index (χ3n) is 2.66. The zero-order valence-corrected chi connectivity index (χ0v) is 13.2. The van der Waals surface area contributed by atoms with Crippen LogP contribution in [0.5, 0.6) is 0 Å². The lowest BCUT2D eigenvalue weighted by molar-refractivity contribution is -0.141. The van der Waals surface area contributed by atoms with Crippen molar-refractivity contribution in [2.24, 2.45) is 10.1 Å². The van der Waals surface area contributed by atoms with Gasteiger partial charge >= 0.3 is 6.18 Å². The maximum absolute atomic E-state index is 12.5. The Morgan fingerprint density at radius 1 is 1.48 bits per heavy atom. The second-order valence-electron chi connectivity index (χ2n) is 4.40. The van der Waals surface area contributed by atoms with Gasteiger partial charge in [0.2, 0.25) is 5.96 Å². The Morgan fingerprint density at radius 2 is 2.13 bits per heavy atom. The predicted octanol–water partition coefficient (Wildman–Crippen LogP) is 1.28. The van der Waals surface area contributed by atoms with E-state index in [1.165, 1.54) is 13.2 Å². The number of aromatic nitrogens is 1. The van der Waals surface area contributed by atoms with Crippen LogP contribution >= 0.6 is 0 Å². The molecule has 1 heterocycles. The summed E-state index contributed by atoms with van der Waals surface area (Å²) in [5.74, 6) is -0.342. The van der Waals surface area contributed by atoms with Crippen LogP contribution in [0.3, 0.4) is 0 Å². The number of nitrogens with two attached hydrogens (primary N) is 1. The second-order valence-corrected chi connectivity index (χ2v) is 6.80. The van der Waals surface area contributed by atoms with Gasteiger partial charge in [-0.05, 0) is 13.0 Å². The van der Waals surface area contributed by atoms with Gasteiger partial charge in [0.1, 0.15) is 19.0 Å². The third-order valence-corrected chi connectivity index (χ3v) is 4.57. The first-order valence-corrected chi connectivity index (χ1v) is 8.16. The average Bonchev–Trinajstić information content (AvgIpc) is 2.45. The van der Waals surface area contributed by atoms with Crippen LogP contribution < -0.4 is 11.2 Å². The summed E-state index contributed by atoms with van der Waals surface area (Å²) >= 11 is 0. The molecule has 0 amide bonds. The number of guanidine groups is 1. The van der Waals surface area contributed by atoms with Gasteiger partial charge in [-0.3, -0.25) is 9.82 Å². The van der Waals surface area contributed by atoms with Crippen molar-refractivity contribution in [2.75, 3.05) is 19.5 Å². The van der Waals surface area contributed by atoms with Crippen molar-refractivity contribution in [1.29, 1.82) is 0 Å². The van der Waals surface area contributed by atoms with E-state index in [1.54, 1.807) is 0 Å². The normalized spacial score (nSPS) is 15.1. The van der Waals surface area contributed by atoms with E-state index in [1.807, 2.05) is 0 Å². The van der Waals surface area contributed by atoms with Gasteiger partial charge in [-0.1, -0.05) is 6.07 Å². The van der Waals surface area contributed by atoms with Crippen LogP contribution in [0.25, 0.3) is 0 Å². The molecular weight excluding hydrogens is 340 g/mol. The summed E-state index contributed by atoms with van der Waals surface area (Å²) in [6, 6.07) is 1.93. The molecule has 23 heavy (non-hydrogen) atoms. The van der Waals surface area contributed by atoms with Gasteiger partial charge in [0.15, 0.2) is 0 Å². The number of hydrogen-bond donors (Lipinski definition) is 2. The molecule has 0 aliphatic carbocycles. The molecule has 130 valence electrons. The largest absolute Gasteiger partial charge is 0.433 e. The van der Waals surface area contributed by atoms with Gasteiger partial charge < -0.3 is 5.73 Å². The molecule has 0 bridgehead atoms. The summed E-state index contributed by atoms with van der Waals surface area (Å²) in [7, 11) is -3.03. The monoisotopic (exact) mass is 356 g/mol. The lowest BCUT2D eigenvalue weighted by atomic mass is 10.2. The fourth-order valence-electron chi connectivity index (χ4n) is 1.43. The van der Waals surface area contributed by atoms with Gasteiger partial charge in [0, 0.05) is 22.9 Å². The van der Waals surface area contributed by atoms with Crippen LogP contribution in [-0.4, -0.2) is 39.6 Å². The predicted molar refractivity (Wildman–Crippen MR) is 79.8 cm³/mol. The molecule has 1 aromatic rings. The molecule has 1 unspecified atom stereocenters. The molecule has 6 nitrogen and oxygen atoms in total. The van der Waals surface area contributed by atoms with E-state index in [0.717, 1.165) is 18.3 Å². The van der Waals surface area contributed by atoms with Crippen molar-refractivity contribution in [2.45, 2.75) is 13.1 Å². The molecule has 1 rings (SSSR count). The van der Waals surface area contributed by atoms with Crippen LogP contribution in [-0.2, 0) is 20.7 Å². The van der Waals surface area contributed by atoms with E-state index >= 15 is 0 Å². The third kappa shape index (κ3) is 5.67. The first kappa shape index (κ1) is 19.2. The Kier molecular flexibility index (Phi) is 6.33.